The molecular formula is C23H28Cl2N2O7S2. The van der Waals surface area contributed by atoms with E-state index in [0.29, 0.717) is 24.3 Å². The summed E-state index contributed by atoms with van der Waals surface area (Å²) in [5, 5.41) is 14.0. The highest BCUT2D eigenvalue weighted by Gasteiger charge is 2.34. The number of hydrogen-bond acceptors (Lipinski definition) is 11. The molecule has 0 radical (unpaired) electrons. The van der Waals surface area contributed by atoms with E-state index in [4.69, 9.17) is 37.4 Å². The molecule has 2 aromatic rings. The van der Waals surface area contributed by atoms with E-state index < -0.39 is 46.5 Å². The second kappa shape index (κ2) is 12.2. The van der Waals surface area contributed by atoms with Crippen LogP contribution in [0.2, 0.25) is 0 Å². The standard InChI is InChI=1S/C23H28Cl2N2O7S2/c1-11(2)17-19-27-13(9-36-19)21(30)32-8-15(28)18-26-14(10-35-18)22(31)33-16(12(3)20(29)34-17)6-5-7-23(4,24)25/h9-12,15-17,28H,5-8H2,1-4H3. The van der Waals surface area contributed by atoms with Gasteiger partial charge in [0.1, 0.15) is 33.2 Å². The Kier molecular flexibility index (Phi) is 9.73. The Morgan fingerprint density at radius 1 is 1.08 bits per heavy atom. The molecule has 3 heterocycles. The maximum atomic E-state index is 13.2. The first-order valence-electron chi connectivity index (χ1n) is 11.4. The van der Waals surface area contributed by atoms with Gasteiger partial charge in [-0.1, -0.05) is 13.8 Å². The van der Waals surface area contributed by atoms with Gasteiger partial charge in [-0.3, -0.25) is 4.79 Å². The normalized spacial score (nSPS) is 24.2. The molecule has 0 spiro atoms. The number of esters is 3. The van der Waals surface area contributed by atoms with Crippen molar-refractivity contribution in [3.05, 3.63) is 32.2 Å². The SMILES string of the molecule is CC(C)C1OC(=O)C(C)C(CCCC(C)(Cl)Cl)OC(=O)c2csc(n2)C(O)COC(=O)c2csc1n2. The quantitative estimate of drug-likeness (QED) is 0.287. The summed E-state index contributed by atoms with van der Waals surface area (Å²) in [6.45, 7) is 6.63. The summed E-state index contributed by atoms with van der Waals surface area (Å²) < 4.78 is 15.7. The number of aliphatic hydroxyl groups excluding tert-OH is 1. The third kappa shape index (κ3) is 7.61. The van der Waals surface area contributed by atoms with E-state index in [-0.39, 0.29) is 28.9 Å². The van der Waals surface area contributed by atoms with Gasteiger partial charge in [0.25, 0.3) is 0 Å². The molecule has 1 aliphatic rings. The first kappa shape index (κ1) is 28.8. The van der Waals surface area contributed by atoms with E-state index in [1.807, 2.05) is 13.8 Å². The average molecular weight is 580 g/mol. The second-order valence-corrected chi connectivity index (χ2v) is 12.7. The van der Waals surface area contributed by atoms with Gasteiger partial charge in [-0.25, -0.2) is 19.6 Å². The van der Waals surface area contributed by atoms with Crippen molar-refractivity contribution in [2.75, 3.05) is 6.61 Å². The number of halogens is 2. The molecule has 4 atom stereocenters. The van der Waals surface area contributed by atoms with Crippen molar-refractivity contribution in [2.45, 2.75) is 69.6 Å². The molecule has 3 rings (SSSR count). The zero-order valence-electron chi connectivity index (χ0n) is 20.2. The largest absolute Gasteiger partial charge is 0.458 e. The number of carbonyl (C=O) groups excluding carboxylic acids is 3. The van der Waals surface area contributed by atoms with E-state index in [9.17, 15) is 19.5 Å². The van der Waals surface area contributed by atoms with Crippen molar-refractivity contribution >= 4 is 63.8 Å². The Hall–Kier alpha value is -1.79. The maximum absolute atomic E-state index is 13.2. The zero-order chi connectivity index (χ0) is 26.6. The molecule has 0 aromatic carbocycles. The minimum atomic E-state index is -1.23. The molecule has 1 N–H and O–H groups in total. The lowest BCUT2D eigenvalue weighted by Gasteiger charge is -2.26. The van der Waals surface area contributed by atoms with Crippen molar-refractivity contribution in [3.63, 3.8) is 0 Å². The van der Waals surface area contributed by atoms with Crippen LogP contribution in [0.4, 0.5) is 0 Å². The summed E-state index contributed by atoms with van der Waals surface area (Å²) in [6, 6.07) is 0. The number of thiazole rings is 2. The van der Waals surface area contributed by atoms with Gasteiger partial charge in [-0.15, -0.1) is 45.9 Å². The van der Waals surface area contributed by atoms with Crippen LogP contribution in [0.5, 0.6) is 0 Å². The number of rotatable bonds is 5. The average Bonchev–Trinajstić information content (AvgIpc) is 3.48. The lowest BCUT2D eigenvalue weighted by Crippen LogP contribution is -2.33. The van der Waals surface area contributed by atoms with Crippen molar-refractivity contribution in [3.8, 4) is 0 Å². The summed E-state index contributed by atoms with van der Waals surface area (Å²) in [7, 11) is 0. The van der Waals surface area contributed by atoms with E-state index in [1.165, 1.54) is 10.8 Å². The van der Waals surface area contributed by atoms with Crippen molar-refractivity contribution in [2.24, 2.45) is 11.8 Å². The molecule has 198 valence electrons. The van der Waals surface area contributed by atoms with Gasteiger partial charge in [-0.05, 0) is 39.0 Å². The van der Waals surface area contributed by atoms with Crippen molar-refractivity contribution < 1.29 is 33.7 Å². The van der Waals surface area contributed by atoms with Crippen molar-refractivity contribution in [1.82, 2.24) is 9.97 Å². The maximum Gasteiger partial charge on any atom is 0.358 e. The number of fused-ring (bicyclic) bond motifs is 4. The van der Waals surface area contributed by atoms with Crippen LogP contribution >= 0.6 is 45.9 Å². The van der Waals surface area contributed by atoms with Crippen LogP contribution in [0.1, 0.15) is 90.2 Å². The molecule has 9 nitrogen and oxygen atoms in total. The molecule has 0 amide bonds. The fraction of sp³-hybridized carbons (Fsp3) is 0.609. The van der Waals surface area contributed by atoms with Crippen molar-refractivity contribution in [1.29, 1.82) is 0 Å². The Morgan fingerprint density at radius 3 is 2.33 bits per heavy atom. The molecule has 36 heavy (non-hydrogen) atoms. The minimum absolute atomic E-state index is 0.0291. The highest BCUT2D eigenvalue weighted by atomic mass is 35.5. The summed E-state index contributed by atoms with van der Waals surface area (Å²) >= 11 is 14.4. The fourth-order valence-corrected chi connectivity index (χ4v) is 5.44. The summed E-state index contributed by atoms with van der Waals surface area (Å²) in [4.78, 5) is 46.9. The number of ether oxygens (including phenoxy) is 3. The van der Waals surface area contributed by atoms with Crippen LogP contribution in [-0.4, -0.2) is 50.0 Å². The predicted octanol–water partition coefficient (Wildman–Crippen LogP) is 5.27. The van der Waals surface area contributed by atoms with Gasteiger partial charge in [-0.2, -0.15) is 0 Å². The summed E-state index contributed by atoms with van der Waals surface area (Å²) in [6.07, 6.45) is -1.57. The highest BCUT2D eigenvalue weighted by molar-refractivity contribution is 7.10. The Morgan fingerprint density at radius 2 is 1.69 bits per heavy atom. The molecule has 4 bridgehead atoms. The Bertz CT molecular complexity index is 1080. The number of cyclic esters (lactones) is 3. The van der Waals surface area contributed by atoms with Crippen LogP contribution < -0.4 is 0 Å². The first-order chi connectivity index (χ1) is 16.9. The van der Waals surface area contributed by atoms with E-state index >= 15 is 0 Å². The third-order valence-electron chi connectivity index (χ3n) is 5.50. The lowest BCUT2D eigenvalue weighted by atomic mass is 9.98. The third-order valence-corrected chi connectivity index (χ3v) is 7.73. The van der Waals surface area contributed by atoms with E-state index in [2.05, 4.69) is 9.97 Å². The van der Waals surface area contributed by atoms with Crippen LogP contribution in [0, 0.1) is 11.8 Å². The van der Waals surface area contributed by atoms with Crippen LogP contribution in [-0.2, 0) is 19.0 Å². The summed E-state index contributed by atoms with van der Waals surface area (Å²) in [5.74, 6) is -3.04. The van der Waals surface area contributed by atoms with Gasteiger partial charge in [0.15, 0.2) is 17.5 Å². The number of aromatic nitrogens is 2. The second-order valence-electron chi connectivity index (χ2n) is 9.05. The molecule has 1 aliphatic heterocycles. The Balaban J connectivity index is 1.93. The van der Waals surface area contributed by atoms with E-state index in [1.54, 1.807) is 13.8 Å². The molecule has 0 saturated heterocycles. The molecule has 0 fully saturated rings. The summed E-state index contributed by atoms with van der Waals surface area (Å²) in [5.41, 5.74) is 0.0150. The van der Waals surface area contributed by atoms with Gasteiger partial charge < -0.3 is 19.3 Å². The van der Waals surface area contributed by atoms with Gasteiger partial charge in [0.2, 0.25) is 0 Å². The molecule has 2 aromatic heterocycles. The van der Waals surface area contributed by atoms with Gasteiger partial charge in [0.05, 0.1) is 5.92 Å². The lowest BCUT2D eigenvalue weighted by molar-refractivity contribution is -0.160. The first-order valence-corrected chi connectivity index (χ1v) is 13.9. The zero-order valence-corrected chi connectivity index (χ0v) is 23.4. The number of aliphatic hydroxyl groups is 1. The van der Waals surface area contributed by atoms with Gasteiger partial charge in [0, 0.05) is 10.8 Å². The minimum Gasteiger partial charge on any atom is -0.458 e. The molecule has 4 unspecified atom stereocenters. The highest BCUT2D eigenvalue weighted by Crippen LogP contribution is 2.32. The number of hydrogen-bond donors (Lipinski definition) is 1. The molecular weight excluding hydrogens is 551 g/mol. The fourth-order valence-electron chi connectivity index (χ4n) is 3.42. The molecule has 0 aliphatic carbocycles. The topological polar surface area (TPSA) is 125 Å². The molecule has 0 saturated carbocycles. The monoisotopic (exact) mass is 578 g/mol. The predicted molar refractivity (Wildman–Crippen MR) is 135 cm³/mol. The molecule has 13 heteroatoms. The number of alkyl halides is 2. The van der Waals surface area contributed by atoms with Crippen LogP contribution in [0.3, 0.4) is 0 Å². The number of nitrogens with zero attached hydrogens (tertiary/aromatic N) is 2. The smallest absolute Gasteiger partial charge is 0.358 e. The Labute approximate surface area is 227 Å². The van der Waals surface area contributed by atoms with Crippen LogP contribution in [0.15, 0.2) is 10.8 Å². The van der Waals surface area contributed by atoms with Gasteiger partial charge >= 0.3 is 17.9 Å². The number of carbonyl (C=O) groups is 3. The van der Waals surface area contributed by atoms with E-state index in [0.717, 1.165) is 22.7 Å². The van der Waals surface area contributed by atoms with Crippen LogP contribution in [0.25, 0.3) is 0 Å².